The van der Waals surface area contributed by atoms with E-state index in [1.54, 1.807) is 19.9 Å². The molecule has 0 amide bonds. The second-order valence-electron chi connectivity index (χ2n) is 5.77. The van der Waals surface area contributed by atoms with Gasteiger partial charge >= 0.3 is 11.6 Å². The zero-order valence-corrected chi connectivity index (χ0v) is 14.7. The van der Waals surface area contributed by atoms with E-state index in [-0.39, 0.29) is 5.63 Å². The molecule has 5 heteroatoms. The number of fused-ring (bicyclic) bond motifs is 1. The Hall–Kier alpha value is -2.30. The van der Waals surface area contributed by atoms with Crippen LogP contribution >= 0.6 is 0 Å². The Morgan fingerprint density at radius 3 is 2.71 bits per heavy atom. The lowest BCUT2D eigenvalue weighted by Crippen LogP contribution is -2.26. The van der Waals surface area contributed by atoms with E-state index >= 15 is 0 Å². The average molecular weight is 332 g/mol. The zero-order valence-electron chi connectivity index (χ0n) is 14.7. The van der Waals surface area contributed by atoms with Gasteiger partial charge in [-0.25, -0.2) is 9.59 Å². The minimum atomic E-state index is -0.726. The van der Waals surface area contributed by atoms with Crippen molar-refractivity contribution in [2.24, 2.45) is 0 Å². The lowest BCUT2D eigenvalue weighted by atomic mass is 10.0. The summed E-state index contributed by atoms with van der Waals surface area (Å²) in [4.78, 5) is 23.6. The molecule has 24 heavy (non-hydrogen) atoms. The smallest absolute Gasteiger partial charge is 0.347 e. The van der Waals surface area contributed by atoms with E-state index in [2.05, 4.69) is 6.92 Å². The monoisotopic (exact) mass is 332 g/mol. The summed E-state index contributed by atoms with van der Waals surface area (Å²) in [5.41, 5.74) is 1.84. The van der Waals surface area contributed by atoms with Gasteiger partial charge in [0.05, 0.1) is 6.61 Å². The number of unbranched alkanes of at least 4 members (excludes halogenated alkanes) is 1. The van der Waals surface area contributed by atoms with Gasteiger partial charge in [-0.1, -0.05) is 13.3 Å². The topological polar surface area (TPSA) is 65.7 Å². The van der Waals surface area contributed by atoms with Crippen LogP contribution in [0.4, 0.5) is 0 Å². The first-order valence-corrected chi connectivity index (χ1v) is 8.37. The van der Waals surface area contributed by atoms with Crippen LogP contribution in [0.15, 0.2) is 27.4 Å². The van der Waals surface area contributed by atoms with Gasteiger partial charge < -0.3 is 13.9 Å². The molecule has 1 heterocycles. The summed E-state index contributed by atoms with van der Waals surface area (Å²) in [6.07, 6.45) is 2.17. The molecule has 0 fully saturated rings. The number of benzene rings is 1. The molecule has 1 atom stereocenters. The molecule has 1 aromatic carbocycles. The fourth-order valence-corrected chi connectivity index (χ4v) is 2.61. The Morgan fingerprint density at radius 2 is 2.04 bits per heavy atom. The van der Waals surface area contributed by atoms with Gasteiger partial charge in [0.2, 0.25) is 0 Å². The first kappa shape index (κ1) is 18.0. The van der Waals surface area contributed by atoms with Gasteiger partial charge in [-0.2, -0.15) is 0 Å². The van der Waals surface area contributed by atoms with Crippen LogP contribution in [-0.4, -0.2) is 18.7 Å². The Labute approximate surface area is 141 Å². The molecule has 0 aliphatic heterocycles. The van der Waals surface area contributed by atoms with E-state index in [1.165, 1.54) is 0 Å². The highest BCUT2D eigenvalue weighted by Crippen LogP contribution is 2.29. The number of carbonyl (C=O) groups is 1. The van der Waals surface area contributed by atoms with Crippen LogP contribution < -0.4 is 10.4 Å². The second kappa shape index (κ2) is 7.99. The van der Waals surface area contributed by atoms with Crippen molar-refractivity contribution in [3.8, 4) is 5.75 Å². The molecule has 0 radical (unpaired) electrons. The predicted molar refractivity (Wildman–Crippen MR) is 92.6 cm³/mol. The normalized spacial score (nSPS) is 12.2. The summed E-state index contributed by atoms with van der Waals surface area (Å²) in [6.45, 7) is 7.62. The summed E-state index contributed by atoms with van der Waals surface area (Å²) in [7, 11) is 0. The Balaban J connectivity index is 2.40. The predicted octanol–water partition coefficient (Wildman–Crippen LogP) is 3.77. The van der Waals surface area contributed by atoms with Crippen LogP contribution in [0.1, 0.15) is 44.7 Å². The summed E-state index contributed by atoms with van der Waals surface area (Å²) in [5.74, 6) is 0.0917. The van der Waals surface area contributed by atoms with Crippen molar-refractivity contribution in [2.45, 2.75) is 53.1 Å². The van der Waals surface area contributed by atoms with E-state index in [0.717, 1.165) is 30.2 Å². The van der Waals surface area contributed by atoms with Gasteiger partial charge in [0.15, 0.2) is 6.10 Å². The van der Waals surface area contributed by atoms with Crippen LogP contribution in [0.25, 0.3) is 11.0 Å². The number of rotatable bonds is 7. The van der Waals surface area contributed by atoms with Crippen molar-refractivity contribution < 1.29 is 18.7 Å². The van der Waals surface area contributed by atoms with Crippen LogP contribution in [0.5, 0.6) is 5.75 Å². The largest absolute Gasteiger partial charge is 0.479 e. The van der Waals surface area contributed by atoms with Crippen molar-refractivity contribution in [3.63, 3.8) is 0 Å². The molecular formula is C19H24O5. The molecule has 0 saturated heterocycles. The van der Waals surface area contributed by atoms with Crippen molar-refractivity contribution >= 4 is 16.9 Å². The average Bonchev–Trinajstić information content (AvgIpc) is 2.55. The molecule has 130 valence electrons. The van der Waals surface area contributed by atoms with Gasteiger partial charge in [-0.15, -0.1) is 0 Å². The van der Waals surface area contributed by atoms with Gasteiger partial charge in [-0.3, -0.25) is 0 Å². The van der Waals surface area contributed by atoms with E-state index < -0.39 is 12.1 Å². The maximum absolute atomic E-state index is 11.9. The number of esters is 1. The SMILES string of the molecule is CCCCc1cc(=O)oc2c(C)c(O[C@H](C)C(=O)OCC)ccc12. The Kier molecular flexibility index (Phi) is 6.01. The molecule has 0 aliphatic carbocycles. The van der Waals surface area contributed by atoms with Crippen LogP contribution in [0.2, 0.25) is 0 Å². The number of hydrogen-bond acceptors (Lipinski definition) is 5. The molecule has 0 aliphatic rings. The highest BCUT2D eigenvalue weighted by Gasteiger charge is 2.18. The molecule has 0 bridgehead atoms. The molecule has 0 spiro atoms. The zero-order chi connectivity index (χ0) is 17.7. The fourth-order valence-electron chi connectivity index (χ4n) is 2.61. The summed E-state index contributed by atoms with van der Waals surface area (Å²) < 4.78 is 16.0. The maximum atomic E-state index is 11.9. The first-order valence-electron chi connectivity index (χ1n) is 8.37. The molecular weight excluding hydrogens is 308 g/mol. The number of ether oxygens (including phenoxy) is 2. The summed E-state index contributed by atoms with van der Waals surface area (Å²) in [6, 6.07) is 5.24. The van der Waals surface area contributed by atoms with Crippen molar-refractivity contribution in [3.05, 3.63) is 39.7 Å². The molecule has 0 N–H and O–H groups in total. The molecule has 1 aromatic heterocycles. The van der Waals surface area contributed by atoms with Crippen molar-refractivity contribution in [2.75, 3.05) is 6.61 Å². The first-order chi connectivity index (χ1) is 11.5. The molecule has 2 aromatic rings. The van der Waals surface area contributed by atoms with Crippen molar-refractivity contribution in [1.29, 1.82) is 0 Å². The summed E-state index contributed by atoms with van der Waals surface area (Å²) in [5, 5.41) is 0.914. The highest BCUT2D eigenvalue weighted by molar-refractivity contribution is 5.85. The van der Waals surface area contributed by atoms with E-state index in [0.29, 0.717) is 23.5 Å². The molecule has 0 saturated carbocycles. The Bertz CT molecular complexity index is 775. The lowest BCUT2D eigenvalue weighted by Gasteiger charge is -2.16. The minimum Gasteiger partial charge on any atom is -0.479 e. The third-order valence-electron chi connectivity index (χ3n) is 3.92. The number of hydrogen-bond donors (Lipinski definition) is 0. The van der Waals surface area contributed by atoms with Crippen LogP contribution in [-0.2, 0) is 16.0 Å². The fraction of sp³-hybridized carbons (Fsp3) is 0.474. The van der Waals surface area contributed by atoms with Crippen LogP contribution in [0, 0.1) is 6.92 Å². The lowest BCUT2D eigenvalue weighted by molar-refractivity contribution is -0.150. The third kappa shape index (κ3) is 3.96. The minimum absolute atomic E-state index is 0.304. The number of carbonyl (C=O) groups excluding carboxylic acids is 1. The quantitative estimate of drug-likeness (QED) is 0.570. The van der Waals surface area contributed by atoms with Crippen molar-refractivity contribution in [1.82, 2.24) is 0 Å². The third-order valence-corrected chi connectivity index (χ3v) is 3.92. The van der Waals surface area contributed by atoms with E-state index in [4.69, 9.17) is 13.9 Å². The van der Waals surface area contributed by atoms with Gasteiger partial charge in [0.1, 0.15) is 11.3 Å². The van der Waals surface area contributed by atoms with E-state index in [1.807, 2.05) is 19.1 Å². The maximum Gasteiger partial charge on any atom is 0.347 e. The molecule has 2 rings (SSSR count). The second-order valence-corrected chi connectivity index (χ2v) is 5.77. The number of aryl methyl sites for hydroxylation is 2. The van der Waals surface area contributed by atoms with Gasteiger partial charge in [0, 0.05) is 17.0 Å². The van der Waals surface area contributed by atoms with Gasteiger partial charge in [-0.05, 0) is 51.3 Å². The molecule has 0 unspecified atom stereocenters. The van der Waals surface area contributed by atoms with E-state index in [9.17, 15) is 9.59 Å². The highest BCUT2D eigenvalue weighted by atomic mass is 16.6. The van der Waals surface area contributed by atoms with Gasteiger partial charge in [0.25, 0.3) is 0 Å². The molecule has 5 nitrogen and oxygen atoms in total. The Morgan fingerprint density at radius 1 is 1.29 bits per heavy atom. The standard InChI is InChI=1S/C19H24O5/c1-5-7-8-14-11-17(20)24-18-12(3)16(10-9-15(14)18)23-13(4)19(21)22-6-2/h9-11,13H,5-8H2,1-4H3/t13-/m1/s1. The summed E-state index contributed by atoms with van der Waals surface area (Å²) >= 11 is 0. The van der Waals surface area contributed by atoms with Crippen LogP contribution in [0.3, 0.4) is 0 Å².